The third kappa shape index (κ3) is 3.69. The second kappa shape index (κ2) is 8.24. The number of urea groups is 1. The van der Waals surface area contributed by atoms with Crippen LogP contribution in [0.15, 0.2) is 66.7 Å². The summed E-state index contributed by atoms with van der Waals surface area (Å²) in [6.45, 7) is 2.66. The Hall–Kier alpha value is -3.44. The summed E-state index contributed by atoms with van der Waals surface area (Å²) in [7, 11) is 1.68. The van der Waals surface area contributed by atoms with Gasteiger partial charge in [-0.1, -0.05) is 47.5 Å². The van der Waals surface area contributed by atoms with Gasteiger partial charge in [0.1, 0.15) is 5.75 Å². The van der Waals surface area contributed by atoms with E-state index in [1.807, 2.05) is 29.2 Å². The van der Waals surface area contributed by atoms with Gasteiger partial charge in [0.15, 0.2) is 0 Å². The predicted molar refractivity (Wildman–Crippen MR) is 129 cm³/mol. The molecule has 5 nitrogen and oxygen atoms in total. The molecule has 0 saturated heterocycles. The molecule has 2 heterocycles. The molecule has 2 N–H and O–H groups in total. The van der Waals surface area contributed by atoms with Crippen LogP contribution in [0.4, 0.5) is 10.5 Å². The van der Waals surface area contributed by atoms with Crippen LogP contribution in [0.1, 0.15) is 28.4 Å². The summed E-state index contributed by atoms with van der Waals surface area (Å²) >= 11 is 6.11. The number of halogens is 1. The average molecular weight is 446 g/mol. The highest BCUT2D eigenvalue weighted by Crippen LogP contribution is 2.39. The van der Waals surface area contributed by atoms with Gasteiger partial charge in [-0.05, 0) is 60.9 Å². The van der Waals surface area contributed by atoms with Crippen molar-refractivity contribution in [2.75, 3.05) is 19.0 Å². The van der Waals surface area contributed by atoms with Crippen LogP contribution < -0.4 is 10.1 Å². The van der Waals surface area contributed by atoms with E-state index in [0.29, 0.717) is 17.3 Å². The Balaban J connectivity index is 1.58. The minimum absolute atomic E-state index is 0.153. The van der Waals surface area contributed by atoms with E-state index in [2.05, 4.69) is 47.6 Å². The fourth-order valence-corrected chi connectivity index (χ4v) is 4.66. The smallest absolute Gasteiger partial charge is 0.322 e. The first-order valence-electron chi connectivity index (χ1n) is 10.6. The van der Waals surface area contributed by atoms with Gasteiger partial charge in [-0.25, -0.2) is 4.79 Å². The molecule has 1 atom stereocenters. The molecule has 0 bridgehead atoms. The number of anilines is 1. The van der Waals surface area contributed by atoms with Crippen molar-refractivity contribution in [1.29, 1.82) is 0 Å². The zero-order valence-corrected chi connectivity index (χ0v) is 18.7. The van der Waals surface area contributed by atoms with E-state index in [1.165, 1.54) is 11.1 Å². The van der Waals surface area contributed by atoms with Gasteiger partial charge in [0.05, 0.1) is 13.2 Å². The fraction of sp³-hybridized carbons (Fsp3) is 0.192. The molecule has 6 heteroatoms. The first kappa shape index (κ1) is 20.5. The van der Waals surface area contributed by atoms with E-state index in [9.17, 15) is 4.79 Å². The first-order chi connectivity index (χ1) is 15.5. The largest absolute Gasteiger partial charge is 0.497 e. The lowest BCUT2D eigenvalue weighted by Gasteiger charge is -2.36. The number of methoxy groups -OCH3 is 1. The Morgan fingerprint density at radius 1 is 1.12 bits per heavy atom. The minimum Gasteiger partial charge on any atom is -0.497 e. The van der Waals surface area contributed by atoms with Crippen molar-refractivity contribution in [2.24, 2.45) is 0 Å². The maximum atomic E-state index is 13.4. The van der Waals surface area contributed by atoms with E-state index in [0.717, 1.165) is 34.3 Å². The maximum Gasteiger partial charge on any atom is 0.322 e. The molecule has 0 unspecified atom stereocenters. The van der Waals surface area contributed by atoms with Crippen LogP contribution in [-0.4, -0.2) is 29.6 Å². The molecule has 162 valence electrons. The number of nitrogens with zero attached hydrogens (tertiary/aromatic N) is 1. The van der Waals surface area contributed by atoms with Crippen molar-refractivity contribution in [3.05, 3.63) is 94.1 Å². The van der Waals surface area contributed by atoms with Crippen LogP contribution in [0, 0.1) is 6.92 Å². The van der Waals surface area contributed by atoms with Crippen LogP contribution in [0.5, 0.6) is 5.75 Å². The van der Waals surface area contributed by atoms with Gasteiger partial charge < -0.3 is 19.9 Å². The van der Waals surface area contributed by atoms with Gasteiger partial charge in [0.25, 0.3) is 0 Å². The number of hydrogen-bond acceptors (Lipinski definition) is 2. The number of amides is 2. The molecular weight excluding hydrogens is 422 g/mol. The highest BCUT2D eigenvalue weighted by atomic mass is 35.5. The van der Waals surface area contributed by atoms with Crippen LogP contribution in [0.25, 0.3) is 10.9 Å². The van der Waals surface area contributed by atoms with Gasteiger partial charge in [-0.15, -0.1) is 0 Å². The number of fused-ring (bicyclic) bond motifs is 3. The van der Waals surface area contributed by atoms with Gasteiger partial charge >= 0.3 is 6.03 Å². The van der Waals surface area contributed by atoms with E-state index in [4.69, 9.17) is 16.3 Å². The fourth-order valence-electron chi connectivity index (χ4n) is 4.47. The Labute approximate surface area is 192 Å². The Morgan fingerprint density at radius 3 is 2.69 bits per heavy atom. The standard InChI is InChI=1S/C26H24ClN3O2/c1-16-6-8-17(9-7-16)25-24-21(22-15-20(32-2)10-11-23(22)29-24)12-13-30(25)26(31)28-19-5-3-4-18(27)14-19/h3-11,14-15,25,29H,12-13H2,1-2H3,(H,28,31)/t25-/m1/s1. The lowest BCUT2D eigenvalue weighted by atomic mass is 9.92. The van der Waals surface area contributed by atoms with Crippen LogP contribution in [0.3, 0.4) is 0 Å². The number of aromatic amines is 1. The molecule has 1 aromatic heterocycles. The second-order valence-electron chi connectivity index (χ2n) is 8.13. The molecule has 1 aliphatic rings. The highest BCUT2D eigenvalue weighted by molar-refractivity contribution is 6.30. The van der Waals surface area contributed by atoms with E-state index < -0.39 is 0 Å². The molecule has 5 rings (SSSR count). The number of ether oxygens (including phenoxy) is 1. The number of hydrogen-bond donors (Lipinski definition) is 2. The van der Waals surface area contributed by atoms with Crippen LogP contribution >= 0.6 is 11.6 Å². The summed E-state index contributed by atoms with van der Waals surface area (Å²) in [6, 6.07) is 21.3. The number of benzene rings is 3. The number of carbonyl (C=O) groups is 1. The van der Waals surface area contributed by atoms with Gasteiger partial charge in [0, 0.05) is 33.9 Å². The zero-order valence-electron chi connectivity index (χ0n) is 18.0. The summed E-state index contributed by atoms with van der Waals surface area (Å²) in [6.07, 6.45) is 0.758. The van der Waals surface area contributed by atoms with E-state index in [-0.39, 0.29) is 12.1 Å². The average Bonchev–Trinajstić information content (AvgIpc) is 3.17. The van der Waals surface area contributed by atoms with Crippen molar-refractivity contribution in [1.82, 2.24) is 9.88 Å². The van der Waals surface area contributed by atoms with Crippen LogP contribution in [-0.2, 0) is 6.42 Å². The number of nitrogens with one attached hydrogen (secondary N) is 2. The molecule has 32 heavy (non-hydrogen) atoms. The first-order valence-corrected chi connectivity index (χ1v) is 11.0. The second-order valence-corrected chi connectivity index (χ2v) is 8.56. The number of carbonyl (C=O) groups excluding carboxylic acids is 1. The SMILES string of the molecule is COc1ccc2[nH]c3c(c2c1)CCN(C(=O)Nc1cccc(Cl)c1)[C@@H]3c1ccc(C)cc1. The summed E-state index contributed by atoms with van der Waals surface area (Å²) < 4.78 is 5.44. The minimum atomic E-state index is -0.225. The van der Waals surface area contributed by atoms with E-state index >= 15 is 0 Å². The molecule has 0 saturated carbocycles. The molecule has 0 aliphatic carbocycles. The van der Waals surface area contributed by atoms with Gasteiger partial charge in [-0.2, -0.15) is 0 Å². The zero-order chi connectivity index (χ0) is 22.2. The van der Waals surface area contributed by atoms with Gasteiger partial charge in [0.2, 0.25) is 0 Å². The van der Waals surface area contributed by atoms with Gasteiger partial charge in [-0.3, -0.25) is 0 Å². The van der Waals surface area contributed by atoms with Crippen molar-refractivity contribution < 1.29 is 9.53 Å². The molecule has 1 aliphatic heterocycles. The Bertz CT molecular complexity index is 1300. The van der Waals surface area contributed by atoms with Crippen LogP contribution in [0.2, 0.25) is 5.02 Å². The molecule has 0 radical (unpaired) electrons. The maximum absolute atomic E-state index is 13.4. The van der Waals surface area contributed by atoms with Crippen molar-refractivity contribution >= 4 is 34.2 Å². The molecule has 3 aromatic carbocycles. The number of aromatic nitrogens is 1. The summed E-state index contributed by atoms with van der Waals surface area (Å²) in [5.41, 5.74) is 6.25. The lowest BCUT2D eigenvalue weighted by Crippen LogP contribution is -2.43. The normalized spacial score (nSPS) is 15.5. The predicted octanol–water partition coefficient (Wildman–Crippen LogP) is 6.32. The summed E-state index contributed by atoms with van der Waals surface area (Å²) in [5, 5.41) is 4.75. The third-order valence-corrected chi connectivity index (χ3v) is 6.30. The molecule has 0 fully saturated rings. The quantitative estimate of drug-likeness (QED) is 0.387. The van der Waals surface area contributed by atoms with Crippen molar-refractivity contribution in [3.63, 3.8) is 0 Å². The molecule has 0 spiro atoms. The van der Waals surface area contributed by atoms with Crippen molar-refractivity contribution in [3.8, 4) is 5.75 Å². The third-order valence-electron chi connectivity index (χ3n) is 6.06. The topological polar surface area (TPSA) is 57.4 Å². The highest BCUT2D eigenvalue weighted by Gasteiger charge is 2.34. The molecule has 4 aromatic rings. The monoisotopic (exact) mass is 445 g/mol. The van der Waals surface area contributed by atoms with Crippen molar-refractivity contribution in [2.45, 2.75) is 19.4 Å². The molecule has 2 amide bonds. The summed E-state index contributed by atoms with van der Waals surface area (Å²) in [4.78, 5) is 18.9. The Morgan fingerprint density at radius 2 is 1.94 bits per heavy atom. The lowest BCUT2D eigenvalue weighted by molar-refractivity contribution is 0.193. The number of aryl methyl sites for hydroxylation is 1. The number of H-pyrrole nitrogens is 1. The Kier molecular flexibility index (Phi) is 5.27. The molecular formula is C26H24ClN3O2. The summed E-state index contributed by atoms with van der Waals surface area (Å²) in [5.74, 6) is 0.826. The van der Waals surface area contributed by atoms with E-state index in [1.54, 1.807) is 19.2 Å². The number of rotatable bonds is 3.